The van der Waals surface area contributed by atoms with E-state index in [2.05, 4.69) is 6.07 Å². The first-order valence-corrected chi connectivity index (χ1v) is 7.88. The molecule has 0 saturated heterocycles. The van der Waals surface area contributed by atoms with Gasteiger partial charge in [0.1, 0.15) is 5.76 Å². The number of halogens is 2. The van der Waals surface area contributed by atoms with Crippen LogP contribution >= 0.6 is 23.2 Å². The Morgan fingerprint density at radius 1 is 1.04 bits per heavy atom. The van der Waals surface area contributed by atoms with Gasteiger partial charge < -0.3 is 4.74 Å². The number of hydrogen-bond donors (Lipinski definition) is 0. The van der Waals surface area contributed by atoms with Crippen molar-refractivity contribution in [1.29, 1.82) is 0 Å². The van der Waals surface area contributed by atoms with Crippen LogP contribution in [-0.2, 0) is 9.53 Å². The fraction of sp³-hybridized carbons (Fsp3) is 0.105. The van der Waals surface area contributed by atoms with Crippen LogP contribution in [0.25, 0.3) is 11.8 Å². The van der Waals surface area contributed by atoms with Crippen molar-refractivity contribution in [1.82, 2.24) is 0 Å². The van der Waals surface area contributed by atoms with Gasteiger partial charge in [0.25, 0.3) is 0 Å². The zero-order valence-electron chi connectivity index (χ0n) is 12.7. The highest BCUT2D eigenvalue weighted by Gasteiger charge is 2.23. The van der Waals surface area contributed by atoms with Gasteiger partial charge >= 0.3 is 5.97 Å². The molecule has 0 bridgehead atoms. The summed E-state index contributed by atoms with van der Waals surface area (Å²) < 4.78 is 5.40. The summed E-state index contributed by atoms with van der Waals surface area (Å²) in [5.41, 5.74) is 4.33. The maximum absolute atomic E-state index is 12.1. The molecule has 0 unspecified atom stereocenters. The molecule has 3 rings (SSSR count). The predicted molar refractivity (Wildman–Crippen MR) is 94.4 cm³/mol. The standard InChI is InChI=1S/C19H14Cl2O2/c1-11-3-6-16(12(2)7-11)18-9-14(19(22)23-18)8-13-4-5-15(20)10-17(13)21/h3-10H,1-2H3/b14-8-. The predicted octanol–water partition coefficient (Wildman–Crippen LogP) is 5.59. The Labute approximate surface area is 145 Å². The number of cyclic esters (lactones) is 1. The molecule has 116 valence electrons. The third kappa shape index (κ3) is 3.34. The van der Waals surface area contributed by atoms with Crippen LogP contribution in [0, 0.1) is 13.8 Å². The van der Waals surface area contributed by atoms with Gasteiger partial charge in [0.15, 0.2) is 0 Å². The Hall–Kier alpha value is -2.03. The summed E-state index contributed by atoms with van der Waals surface area (Å²) in [5.74, 6) is 0.176. The zero-order valence-corrected chi connectivity index (χ0v) is 14.2. The van der Waals surface area contributed by atoms with Gasteiger partial charge in [-0.05, 0) is 49.3 Å². The molecule has 23 heavy (non-hydrogen) atoms. The quantitative estimate of drug-likeness (QED) is 0.524. The van der Waals surface area contributed by atoms with Crippen molar-refractivity contribution in [3.05, 3.63) is 80.3 Å². The number of aryl methyl sites for hydroxylation is 2. The highest BCUT2D eigenvalue weighted by molar-refractivity contribution is 6.35. The molecule has 2 aromatic rings. The minimum absolute atomic E-state index is 0.383. The number of carbonyl (C=O) groups is 1. The van der Waals surface area contributed by atoms with Gasteiger partial charge in [-0.3, -0.25) is 0 Å². The van der Waals surface area contributed by atoms with Crippen LogP contribution in [0.2, 0.25) is 10.0 Å². The SMILES string of the molecule is Cc1ccc(C2=C/C(=C/c3ccc(Cl)cc3Cl)C(=O)O2)c(C)c1. The maximum Gasteiger partial charge on any atom is 0.343 e. The van der Waals surface area contributed by atoms with Crippen LogP contribution in [0.15, 0.2) is 48.0 Å². The van der Waals surface area contributed by atoms with Gasteiger partial charge in [-0.15, -0.1) is 0 Å². The van der Waals surface area contributed by atoms with Crippen LogP contribution in [0.1, 0.15) is 22.3 Å². The van der Waals surface area contributed by atoms with Crippen molar-refractivity contribution in [3.63, 3.8) is 0 Å². The number of hydrogen-bond acceptors (Lipinski definition) is 2. The average Bonchev–Trinajstić information content (AvgIpc) is 2.83. The lowest BCUT2D eigenvalue weighted by Crippen LogP contribution is -1.98. The van der Waals surface area contributed by atoms with Crippen LogP contribution in [-0.4, -0.2) is 5.97 Å². The van der Waals surface area contributed by atoms with Gasteiger partial charge in [0.05, 0.1) is 5.57 Å². The molecule has 0 spiro atoms. The molecule has 4 heteroatoms. The van der Waals surface area contributed by atoms with Crippen LogP contribution in [0.3, 0.4) is 0 Å². The smallest absolute Gasteiger partial charge is 0.343 e. The third-order valence-corrected chi connectivity index (χ3v) is 4.21. The van der Waals surface area contributed by atoms with Gasteiger partial charge in [-0.25, -0.2) is 4.79 Å². The third-order valence-electron chi connectivity index (χ3n) is 3.65. The molecule has 2 aromatic carbocycles. The summed E-state index contributed by atoms with van der Waals surface area (Å²) in [5, 5.41) is 1.05. The lowest BCUT2D eigenvalue weighted by Gasteiger charge is -2.06. The van der Waals surface area contributed by atoms with Crippen molar-refractivity contribution >= 4 is 41.0 Å². The Morgan fingerprint density at radius 3 is 2.52 bits per heavy atom. The summed E-state index contributed by atoms with van der Waals surface area (Å²) in [6, 6.07) is 11.2. The Balaban J connectivity index is 1.99. The molecule has 0 N–H and O–H groups in total. The van der Waals surface area contributed by atoms with E-state index < -0.39 is 0 Å². The first-order valence-electron chi connectivity index (χ1n) is 7.12. The number of esters is 1. The van der Waals surface area contributed by atoms with E-state index in [1.54, 1.807) is 30.4 Å². The highest BCUT2D eigenvalue weighted by atomic mass is 35.5. The normalized spacial score (nSPS) is 15.7. The summed E-state index contributed by atoms with van der Waals surface area (Å²) in [6.07, 6.45) is 3.45. The lowest BCUT2D eigenvalue weighted by molar-refractivity contribution is -0.130. The molecule has 0 amide bonds. The second-order valence-corrected chi connectivity index (χ2v) is 6.33. The van der Waals surface area contributed by atoms with Crippen LogP contribution < -0.4 is 0 Å². The lowest BCUT2D eigenvalue weighted by atomic mass is 10.0. The molecule has 1 aliphatic heterocycles. The van der Waals surface area contributed by atoms with Crippen molar-refractivity contribution < 1.29 is 9.53 Å². The van der Waals surface area contributed by atoms with Gasteiger partial charge in [-0.1, -0.05) is 53.0 Å². The fourth-order valence-electron chi connectivity index (χ4n) is 2.50. The fourth-order valence-corrected chi connectivity index (χ4v) is 2.96. The highest BCUT2D eigenvalue weighted by Crippen LogP contribution is 2.31. The number of benzene rings is 2. The topological polar surface area (TPSA) is 26.3 Å². The van der Waals surface area contributed by atoms with E-state index in [0.29, 0.717) is 21.4 Å². The molecular formula is C19H14Cl2O2. The van der Waals surface area contributed by atoms with Gasteiger partial charge in [0.2, 0.25) is 0 Å². The largest absolute Gasteiger partial charge is 0.422 e. The first kappa shape index (κ1) is 15.9. The number of ether oxygens (including phenoxy) is 1. The van der Waals surface area contributed by atoms with E-state index in [4.69, 9.17) is 27.9 Å². The molecule has 2 nitrogen and oxygen atoms in total. The van der Waals surface area contributed by atoms with E-state index in [1.165, 1.54) is 5.56 Å². The molecule has 0 aliphatic carbocycles. The number of rotatable bonds is 2. The molecule has 0 atom stereocenters. The van der Waals surface area contributed by atoms with E-state index >= 15 is 0 Å². The maximum atomic E-state index is 12.1. The van der Waals surface area contributed by atoms with E-state index in [0.717, 1.165) is 16.7 Å². The Kier molecular flexibility index (Phi) is 4.29. The van der Waals surface area contributed by atoms with Crippen molar-refractivity contribution in [3.8, 4) is 0 Å². The average molecular weight is 345 g/mol. The summed E-state index contributed by atoms with van der Waals surface area (Å²) in [6.45, 7) is 4.02. The van der Waals surface area contributed by atoms with Crippen molar-refractivity contribution in [2.45, 2.75) is 13.8 Å². The van der Waals surface area contributed by atoms with E-state index in [-0.39, 0.29) is 5.97 Å². The number of carbonyl (C=O) groups excluding carboxylic acids is 1. The second-order valence-electron chi connectivity index (χ2n) is 5.48. The second kappa shape index (κ2) is 6.23. The summed E-state index contributed by atoms with van der Waals surface area (Å²) in [4.78, 5) is 12.1. The Bertz CT molecular complexity index is 864. The van der Waals surface area contributed by atoms with E-state index in [1.807, 2.05) is 26.0 Å². The van der Waals surface area contributed by atoms with Crippen molar-refractivity contribution in [2.75, 3.05) is 0 Å². The van der Waals surface area contributed by atoms with Crippen LogP contribution in [0.4, 0.5) is 0 Å². The van der Waals surface area contributed by atoms with E-state index in [9.17, 15) is 4.79 Å². The molecule has 0 saturated carbocycles. The summed E-state index contributed by atoms with van der Waals surface area (Å²) >= 11 is 12.0. The monoisotopic (exact) mass is 344 g/mol. The zero-order chi connectivity index (χ0) is 16.6. The van der Waals surface area contributed by atoms with Gasteiger partial charge in [-0.2, -0.15) is 0 Å². The molecular weight excluding hydrogens is 331 g/mol. The minimum atomic E-state index is -0.383. The van der Waals surface area contributed by atoms with Gasteiger partial charge in [0, 0.05) is 15.6 Å². The Morgan fingerprint density at radius 2 is 1.83 bits per heavy atom. The molecule has 0 fully saturated rings. The molecule has 1 heterocycles. The summed E-state index contributed by atoms with van der Waals surface area (Å²) in [7, 11) is 0. The first-order chi connectivity index (χ1) is 10.9. The van der Waals surface area contributed by atoms with Crippen LogP contribution in [0.5, 0.6) is 0 Å². The minimum Gasteiger partial charge on any atom is -0.422 e. The molecule has 1 aliphatic rings. The molecule has 0 radical (unpaired) electrons. The van der Waals surface area contributed by atoms with Crippen molar-refractivity contribution in [2.24, 2.45) is 0 Å². The molecule has 0 aromatic heterocycles.